The number of fused-ring (bicyclic) bond motifs is 1. The Labute approximate surface area is 139 Å². The van der Waals surface area contributed by atoms with Gasteiger partial charge in [0.15, 0.2) is 0 Å². The molecule has 0 saturated carbocycles. The van der Waals surface area contributed by atoms with Gasteiger partial charge in [0.25, 0.3) is 0 Å². The average molecular weight is 309 g/mol. The Kier molecular flexibility index (Phi) is 5.19. The van der Waals surface area contributed by atoms with E-state index in [0.29, 0.717) is 12.1 Å². The van der Waals surface area contributed by atoms with Crippen molar-refractivity contribution in [3.05, 3.63) is 60.2 Å². The van der Waals surface area contributed by atoms with E-state index in [1.54, 1.807) is 0 Å². The summed E-state index contributed by atoms with van der Waals surface area (Å²) in [7, 11) is 2.17. The van der Waals surface area contributed by atoms with Gasteiger partial charge in [-0.1, -0.05) is 36.4 Å². The first-order chi connectivity index (χ1) is 11.3. The highest BCUT2D eigenvalue weighted by molar-refractivity contribution is 5.53. The van der Waals surface area contributed by atoms with Crippen LogP contribution in [0.15, 0.2) is 54.6 Å². The van der Waals surface area contributed by atoms with Gasteiger partial charge in [0.05, 0.1) is 0 Å². The Hall–Kier alpha value is -2.00. The van der Waals surface area contributed by atoms with Crippen molar-refractivity contribution in [3.63, 3.8) is 0 Å². The summed E-state index contributed by atoms with van der Waals surface area (Å²) >= 11 is 0. The van der Waals surface area contributed by atoms with Gasteiger partial charge in [-0.15, -0.1) is 0 Å². The van der Waals surface area contributed by atoms with Crippen LogP contribution in [0.25, 0.3) is 0 Å². The molecule has 0 bridgehead atoms. The number of hydrogen-bond donors (Lipinski definition) is 2. The predicted octanol–water partition coefficient (Wildman–Crippen LogP) is 4.05. The highest BCUT2D eigenvalue weighted by atomic mass is 15.2. The molecule has 1 aliphatic heterocycles. The van der Waals surface area contributed by atoms with Crippen LogP contribution in [0.1, 0.15) is 31.4 Å². The normalized spacial score (nSPS) is 18.4. The zero-order valence-electron chi connectivity index (χ0n) is 14.1. The molecule has 0 radical (unpaired) electrons. The van der Waals surface area contributed by atoms with Crippen LogP contribution >= 0.6 is 0 Å². The molecule has 2 unspecified atom stereocenters. The van der Waals surface area contributed by atoms with Gasteiger partial charge in [-0.2, -0.15) is 0 Å². The lowest BCUT2D eigenvalue weighted by Gasteiger charge is -2.29. The van der Waals surface area contributed by atoms with Crippen LogP contribution < -0.4 is 15.5 Å². The van der Waals surface area contributed by atoms with Crippen molar-refractivity contribution in [2.45, 2.75) is 31.8 Å². The van der Waals surface area contributed by atoms with E-state index in [4.69, 9.17) is 0 Å². The van der Waals surface area contributed by atoms with Crippen molar-refractivity contribution in [2.75, 3.05) is 30.4 Å². The molecule has 3 rings (SSSR count). The number of benzene rings is 2. The van der Waals surface area contributed by atoms with Crippen molar-refractivity contribution in [3.8, 4) is 0 Å². The van der Waals surface area contributed by atoms with Crippen LogP contribution in [0.5, 0.6) is 0 Å². The van der Waals surface area contributed by atoms with E-state index in [1.807, 2.05) is 0 Å². The van der Waals surface area contributed by atoms with Crippen LogP contribution in [0, 0.1) is 0 Å². The number of likely N-dealkylation sites (N-methyl/N-ethyl adjacent to an activating group) is 1. The molecule has 3 heteroatoms. The number of para-hydroxylation sites is 2. The summed E-state index contributed by atoms with van der Waals surface area (Å²) in [6.07, 6.45) is 2.39. The molecule has 0 aliphatic carbocycles. The van der Waals surface area contributed by atoms with Crippen LogP contribution in [0.2, 0.25) is 0 Å². The molecule has 0 saturated heterocycles. The standard InChI is InChI=1S/C20H27N3/c1-16(23(2)17-9-4-3-5-10-17)15-22-20-13-8-14-21-19-12-7-6-11-18(19)20/h3-7,9-12,16,20-22H,8,13-15H2,1-2H3. The zero-order valence-corrected chi connectivity index (χ0v) is 14.1. The second-order valence-electron chi connectivity index (χ2n) is 6.41. The maximum Gasteiger partial charge on any atom is 0.0388 e. The van der Waals surface area contributed by atoms with E-state index in [1.165, 1.54) is 29.8 Å². The Morgan fingerprint density at radius 3 is 2.70 bits per heavy atom. The molecule has 2 atom stereocenters. The molecule has 2 aromatic rings. The molecule has 2 aromatic carbocycles. The monoisotopic (exact) mass is 309 g/mol. The van der Waals surface area contributed by atoms with Crippen LogP contribution in [-0.4, -0.2) is 26.2 Å². The summed E-state index contributed by atoms with van der Waals surface area (Å²) in [6.45, 7) is 4.32. The fourth-order valence-corrected chi connectivity index (χ4v) is 3.23. The summed E-state index contributed by atoms with van der Waals surface area (Å²) in [4.78, 5) is 2.34. The van der Waals surface area contributed by atoms with Crippen molar-refractivity contribution in [1.82, 2.24) is 5.32 Å². The molecule has 0 fully saturated rings. The largest absolute Gasteiger partial charge is 0.385 e. The summed E-state index contributed by atoms with van der Waals surface area (Å²) < 4.78 is 0. The van der Waals surface area contributed by atoms with Crippen molar-refractivity contribution < 1.29 is 0 Å². The average Bonchev–Trinajstić information content (AvgIpc) is 2.82. The fraction of sp³-hybridized carbons (Fsp3) is 0.400. The zero-order chi connectivity index (χ0) is 16.1. The number of hydrogen-bond acceptors (Lipinski definition) is 3. The summed E-state index contributed by atoms with van der Waals surface area (Å²) in [5.74, 6) is 0. The molecule has 1 heterocycles. The Balaban J connectivity index is 1.64. The number of anilines is 2. The van der Waals surface area contributed by atoms with E-state index in [0.717, 1.165) is 13.1 Å². The maximum absolute atomic E-state index is 3.79. The van der Waals surface area contributed by atoms with Crippen LogP contribution in [0.3, 0.4) is 0 Å². The first kappa shape index (κ1) is 15.9. The predicted molar refractivity (Wildman–Crippen MR) is 99.2 cm³/mol. The van der Waals surface area contributed by atoms with Crippen molar-refractivity contribution in [2.24, 2.45) is 0 Å². The van der Waals surface area contributed by atoms with E-state index in [9.17, 15) is 0 Å². The van der Waals surface area contributed by atoms with Crippen LogP contribution in [-0.2, 0) is 0 Å². The van der Waals surface area contributed by atoms with Gasteiger partial charge in [-0.05, 0) is 43.5 Å². The molecule has 0 spiro atoms. The maximum atomic E-state index is 3.79. The Bertz CT molecular complexity index is 611. The van der Waals surface area contributed by atoms with Crippen LogP contribution in [0.4, 0.5) is 11.4 Å². The number of rotatable bonds is 5. The van der Waals surface area contributed by atoms with Gasteiger partial charge in [0.1, 0.15) is 0 Å². The topological polar surface area (TPSA) is 27.3 Å². The second-order valence-corrected chi connectivity index (χ2v) is 6.41. The molecule has 122 valence electrons. The SMILES string of the molecule is CC(CNC1CCCNc2ccccc21)N(C)c1ccccc1. The molecular formula is C20H27N3. The molecular weight excluding hydrogens is 282 g/mol. The molecule has 1 aliphatic rings. The first-order valence-electron chi connectivity index (χ1n) is 8.60. The number of nitrogens with one attached hydrogen (secondary N) is 2. The molecule has 2 N–H and O–H groups in total. The van der Waals surface area contributed by atoms with E-state index >= 15 is 0 Å². The third-order valence-corrected chi connectivity index (χ3v) is 4.81. The van der Waals surface area contributed by atoms with Gasteiger partial charge in [0.2, 0.25) is 0 Å². The summed E-state index contributed by atoms with van der Waals surface area (Å²) in [5, 5.41) is 7.33. The van der Waals surface area contributed by atoms with E-state index in [-0.39, 0.29) is 0 Å². The molecule has 0 aromatic heterocycles. The van der Waals surface area contributed by atoms with Gasteiger partial charge in [-0.3, -0.25) is 0 Å². The van der Waals surface area contributed by atoms with E-state index in [2.05, 4.69) is 84.1 Å². The van der Waals surface area contributed by atoms with Gasteiger partial charge < -0.3 is 15.5 Å². The van der Waals surface area contributed by atoms with Gasteiger partial charge >= 0.3 is 0 Å². The van der Waals surface area contributed by atoms with Crippen molar-refractivity contribution in [1.29, 1.82) is 0 Å². The Morgan fingerprint density at radius 2 is 1.87 bits per heavy atom. The third kappa shape index (κ3) is 3.85. The van der Waals surface area contributed by atoms with Crippen molar-refractivity contribution >= 4 is 11.4 Å². The quantitative estimate of drug-likeness (QED) is 0.872. The number of nitrogens with zero attached hydrogens (tertiary/aromatic N) is 1. The third-order valence-electron chi connectivity index (χ3n) is 4.81. The highest BCUT2D eigenvalue weighted by Gasteiger charge is 2.19. The second kappa shape index (κ2) is 7.51. The smallest absolute Gasteiger partial charge is 0.0388 e. The summed E-state index contributed by atoms with van der Waals surface area (Å²) in [5.41, 5.74) is 3.95. The molecule has 23 heavy (non-hydrogen) atoms. The highest BCUT2D eigenvalue weighted by Crippen LogP contribution is 2.29. The first-order valence-corrected chi connectivity index (χ1v) is 8.60. The van der Waals surface area contributed by atoms with E-state index < -0.39 is 0 Å². The fourth-order valence-electron chi connectivity index (χ4n) is 3.23. The van der Waals surface area contributed by atoms with Gasteiger partial charge in [-0.25, -0.2) is 0 Å². The minimum atomic E-state index is 0.438. The molecule has 3 nitrogen and oxygen atoms in total. The Morgan fingerprint density at radius 1 is 1.13 bits per heavy atom. The lowest BCUT2D eigenvalue weighted by atomic mass is 10.0. The lowest BCUT2D eigenvalue weighted by molar-refractivity contribution is 0.471. The lowest BCUT2D eigenvalue weighted by Crippen LogP contribution is -2.39. The minimum absolute atomic E-state index is 0.438. The van der Waals surface area contributed by atoms with Gasteiger partial charge in [0, 0.05) is 43.6 Å². The summed E-state index contributed by atoms with van der Waals surface area (Å²) in [6, 6.07) is 20.2. The molecule has 0 amide bonds. The minimum Gasteiger partial charge on any atom is -0.385 e.